The van der Waals surface area contributed by atoms with Gasteiger partial charge in [0.25, 0.3) is 0 Å². The summed E-state index contributed by atoms with van der Waals surface area (Å²) in [6.07, 6.45) is 1.90. The van der Waals surface area contributed by atoms with E-state index in [0.29, 0.717) is 35.4 Å². The zero-order valence-electron chi connectivity index (χ0n) is 16.2. The summed E-state index contributed by atoms with van der Waals surface area (Å²) < 4.78 is 15.5. The number of rotatable bonds is 4. The van der Waals surface area contributed by atoms with Crippen molar-refractivity contribution in [3.63, 3.8) is 0 Å². The molecule has 0 saturated heterocycles. The van der Waals surface area contributed by atoms with Crippen LogP contribution in [0.4, 0.5) is 0 Å². The molecule has 0 aromatic heterocycles. The Hall–Kier alpha value is -3.09. The zero-order chi connectivity index (χ0) is 20.4. The van der Waals surface area contributed by atoms with Crippen molar-refractivity contribution in [3.05, 3.63) is 47.3 Å². The van der Waals surface area contributed by atoms with Crippen LogP contribution in [-0.4, -0.2) is 31.9 Å². The second-order valence-electron chi connectivity index (χ2n) is 6.80. The van der Waals surface area contributed by atoms with Gasteiger partial charge in [-0.1, -0.05) is 12.6 Å². The highest BCUT2D eigenvalue weighted by Gasteiger charge is 2.43. The Morgan fingerprint density at radius 2 is 1.93 bits per heavy atom. The molecule has 28 heavy (non-hydrogen) atoms. The van der Waals surface area contributed by atoms with E-state index in [-0.39, 0.29) is 11.5 Å². The van der Waals surface area contributed by atoms with E-state index in [1.54, 1.807) is 18.2 Å². The third kappa shape index (κ3) is 3.52. The van der Waals surface area contributed by atoms with Gasteiger partial charge in [0.05, 0.1) is 14.2 Å². The number of hydrogen-bond acceptors (Lipinski definition) is 7. The van der Waals surface area contributed by atoms with Crippen molar-refractivity contribution in [3.8, 4) is 11.5 Å². The lowest BCUT2D eigenvalue weighted by Crippen LogP contribution is -2.40. The second kappa shape index (κ2) is 7.88. The third-order valence-electron chi connectivity index (χ3n) is 5.04. The van der Waals surface area contributed by atoms with Gasteiger partial charge in [-0.05, 0) is 30.5 Å². The smallest absolute Gasteiger partial charge is 0.315 e. The maximum atomic E-state index is 12.8. The molecule has 3 rings (SSSR count). The number of ether oxygens (including phenoxy) is 3. The molecule has 2 unspecified atom stereocenters. The molecule has 1 aliphatic heterocycles. The number of methoxy groups -OCH3 is 2. The first-order valence-corrected chi connectivity index (χ1v) is 9.03. The molecule has 2 aliphatic rings. The molecule has 1 aliphatic carbocycles. The van der Waals surface area contributed by atoms with Crippen LogP contribution in [0.3, 0.4) is 0 Å². The molecular formula is C21H23NO6. The third-order valence-corrected chi connectivity index (χ3v) is 5.04. The van der Waals surface area contributed by atoms with Crippen LogP contribution < -0.4 is 14.8 Å². The van der Waals surface area contributed by atoms with Crippen LogP contribution in [0.15, 0.2) is 41.7 Å². The molecule has 7 heteroatoms. The fourth-order valence-corrected chi connectivity index (χ4v) is 3.87. The summed E-state index contributed by atoms with van der Waals surface area (Å²) in [4.78, 5) is 36.6. The van der Waals surface area contributed by atoms with E-state index in [9.17, 15) is 14.4 Å². The molecule has 148 valence electrons. The van der Waals surface area contributed by atoms with E-state index in [0.717, 1.165) is 12.1 Å². The van der Waals surface area contributed by atoms with E-state index < -0.39 is 23.8 Å². The fraction of sp³-hybridized carbons (Fsp3) is 0.381. The molecule has 1 aromatic rings. The standard InChI is InChI=1S/C21H23NO6/c1-11-18(21(25)27-4)19(20-14(22-11)6-5-7-15(20)24)13-8-9-16(28-12(2)23)17(10-13)26-3/h8-10,18-19,22H,1,5-7H2,2-4H3. The van der Waals surface area contributed by atoms with E-state index in [2.05, 4.69) is 11.9 Å². The summed E-state index contributed by atoms with van der Waals surface area (Å²) in [6.45, 7) is 5.30. The van der Waals surface area contributed by atoms with Crippen LogP contribution in [-0.2, 0) is 19.1 Å². The molecule has 1 heterocycles. The lowest BCUT2D eigenvalue weighted by molar-refractivity contribution is -0.144. The minimum absolute atomic E-state index is 0.00295. The predicted molar refractivity (Wildman–Crippen MR) is 101 cm³/mol. The molecule has 1 aromatic carbocycles. The van der Waals surface area contributed by atoms with Gasteiger partial charge in [0.1, 0.15) is 5.92 Å². The number of carbonyl (C=O) groups excluding carboxylic acids is 3. The topological polar surface area (TPSA) is 90.9 Å². The van der Waals surface area contributed by atoms with Crippen molar-refractivity contribution in [1.82, 2.24) is 5.32 Å². The summed E-state index contributed by atoms with van der Waals surface area (Å²) in [6, 6.07) is 5.01. The highest BCUT2D eigenvalue weighted by molar-refractivity contribution is 6.00. The monoisotopic (exact) mass is 385 g/mol. The van der Waals surface area contributed by atoms with Crippen LogP contribution in [0.25, 0.3) is 0 Å². The first kappa shape index (κ1) is 19.7. The van der Waals surface area contributed by atoms with E-state index in [1.807, 2.05) is 0 Å². The SMILES string of the molecule is C=C1NC2=C(C(=O)CCC2)C(c2ccc(OC(C)=O)c(OC)c2)C1C(=O)OC. The summed E-state index contributed by atoms with van der Waals surface area (Å²) in [5, 5.41) is 3.14. The van der Waals surface area contributed by atoms with E-state index in [4.69, 9.17) is 14.2 Å². The second-order valence-corrected chi connectivity index (χ2v) is 6.80. The van der Waals surface area contributed by atoms with Gasteiger partial charge in [-0.3, -0.25) is 14.4 Å². The number of carbonyl (C=O) groups is 3. The van der Waals surface area contributed by atoms with E-state index in [1.165, 1.54) is 21.1 Å². The van der Waals surface area contributed by atoms with Crippen LogP contribution in [0, 0.1) is 5.92 Å². The Labute approximate surface area is 163 Å². The van der Waals surface area contributed by atoms with Crippen LogP contribution in [0.5, 0.6) is 11.5 Å². The number of nitrogens with one attached hydrogen (secondary N) is 1. The van der Waals surface area contributed by atoms with Gasteiger partial charge >= 0.3 is 11.9 Å². The Balaban J connectivity index is 2.15. The van der Waals surface area contributed by atoms with Crippen molar-refractivity contribution in [1.29, 1.82) is 0 Å². The Morgan fingerprint density at radius 1 is 1.18 bits per heavy atom. The summed E-state index contributed by atoms with van der Waals surface area (Å²) in [5.74, 6) is -1.64. The maximum Gasteiger partial charge on any atom is 0.315 e. The Kier molecular flexibility index (Phi) is 5.53. The number of allylic oxidation sites excluding steroid dienone is 2. The van der Waals surface area contributed by atoms with Gasteiger partial charge in [0.15, 0.2) is 17.3 Å². The average Bonchev–Trinajstić information content (AvgIpc) is 2.66. The van der Waals surface area contributed by atoms with Crippen molar-refractivity contribution in [2.24, 2.45) is 5.92 Å². The number of esters is 2. The molecule has 0 fully saturated rings. The van der Waals surface area contributed by atoms with Gasteiger partial charge in [-0.25, -0.2) is 0 Å². The molecule has 0 radical (unpaired) electrons. The first-order chi connectivity index (χ1) is 13.4. The number of Topliss-reactive ketones (excluding diaryl/α,β-unsaturated/α-hetero) is 1. The van der Waals surface area contributed by atoms with Crippen molar-refractivity contribution >= 4 is 17.7 Å². The highest BCUT2D eigenvalue weighted by atomic mass is 16.6. The lowest BCUT2D eigenvalue weighted by atomic mass is 9.71. The van der Waals surface area contributed by atoms with Crippen molar-refractivity contribution < 1.29 is 28.6 Å². The normalized spacial score (nSPS) is 21.5. The Morgan fingerprint density at radius 3 is 2.57 bits per heavy atom. The average molecular weight is 385 g/mol. The minimum atomic E-state index is -0.755. The molecule has 2 atom stereocenters. The molecule has 0 spiro atoms. The van der Waals surface area contributed by atoms with Gasteiger partial charge in [0.2, 0.25) is 0 Å². The van der Waals surface area contributed by atoms with E-state index >= 15 is 0 Å². The van der Waals surface area contributed by atoms with Gasteiger partial charge < -0.3 is 19.5 Å². The van der Waals surface area contributed by atoms with Gasteiger partial charge in [0, 0.05) is 36.2 Å². The van der Waals surface area contributed by atoms with Crippen LogP contribution >= 0.6 is 0 Å². The van der Waals surface area contributed by atoms with Crippen LogP contribution in [0.1, 0.15) is 37.7 Å². The zero-order valence-corrected chi connectivity index (χ0v) is 16.2. The number of benzene rings is 1. The highest BCUT2D eigenvalue weighted by Crippen LogP contribution is 2.45. The maximum absolute atomic E-state index is 12.8. The molecule has 7 nitrogen and oxygen atoms in total. The summed E-state index contributed by atoms with van der Waals surface area (Å²) >= 11 is 0. The first-order valence-electron chi connectivity index (χ1n) is 9.03. The molecule has 0 bridgehead atoms. The van der Waals surface area contributed by atoms with Crippen molar-refractivity contribution in [2.75, 3.05) is 14.2 Å². The number of hydrogen-bond donors (Lipinski definition) is 1. The molecule has 0 amide bonds. The fourth-order valence-electron chi connectivity index (χ4n) is 3.87. The van der Waals surface area contributed by atoms with Gasteiger partial charge in [-0.15, -0.1) is 0 Å². The minimum Gasteiger partial charge on any atom is -0.493 e. The molecule has 1 N–H and O–H groups in total. The largest absolute Gasteiger partial charge is 0.493 e. The summed E-state index contributed by atoms with van der Waals surface area (Å²) in [7, 11) is 2.77. The Bertz CT molecular complexity index is 885. The van der Waals surface area contributed by atoms with Crippen LogP contribution in [0.2, 0.25) is 0 Å². The number of ketones is 1. The van der Waals surface area contributed by atoms with Gasteiger partial charge in [-0.2, -0.15) is 0 Å². The lowest BCUT2D eigenvalue weighted by Gasteiger charge is -2.38. The molecular weight excluding hydrogens is 362 g/mol. The summed E-state index contributed by atoms with van der Waals surface area (Å²) in [5.41, 5.74) is 2.56. The molecule has 0 saturated carbocycles. The quantitative estimate of drug-likeness (QED) is 0.629. The van der Waals surface area contributed by atoms with Crippen molar-refractivity contribution in [2.45, 2.75) is 32.1 Å². The predicted octanol–water partition coefficient (Wildman–Crippen LogP) is 2.62.